The summed E-state index contributed by atoms with van der Waals surface area (Å²) >= 11 is 1.50. The topological polar surface area (TPSA) is 82.9 Å². The molecule has 32 heavy (non-hydrogen) atoms. The number of aromatic nitrogens is 2. The minimum absolute atomic E-state index is 0.174. The van der Waals surface area contributed by atoms with Crippen LogP contribution in [0.1, 0.15) is 16.4 Å². The number of aryl methyl sites for hydroxylation is 1. The number of esters is 1. The van der Waals surface area contributed by atoms with Gasteiger partial charge in [-0.1, -0.05) is 36.4 Å². The quantitative estimate of drug-likeness (QED) is 0.564. The van der Waals surface area contributed by atoms with E-state index in [0.717, 1.165) is 22.4 Å². The van der Waals surface area contributed by atoms with Gasteiger partial charge >= 0.3 is 5.97 Å². The van der Waals surface area contributed by atoms with Gasteiger partial charge in [-0.3, -0.25) is 19.2 Å². The second kappa shape index (κ2) is 8.23. The second-order valence-corrected chi connectivity index (χ2v) is 8.53. The largest absolute Gasteiger partial charge is 0.468 e. The number of fused-ring (bicyclic) bond motifs is 2. The molecule has 0 N–H and O–H groups in total. The Kier molecular flexibility index (Phi) is 5.26. The summed E-state index contributed by atoms with van der Waals surface area (Å²) in [5.41, 5.74) is 3.54. The molecule has 9 heteroatoms. The molecule has 2 aliphatic rings. The number of carbonyl (C=O) groups excluding carboxylic acids is 2. The summed E-state index contributed by atoms with van der Waals surface area (Å²) in [6.45, 7) is 0.0138. The smallest absolute Gasteiger partial charge is 0.325 e. The lowest BCUT2D eigenvalue weighted by molar-refractivity contribution is -0.139. The van der Waals surface area contributed by atoms with Crippen LogP contribution in [-0.4, -0.2) is 47.9 Å². The third kappa shape index (κ3) is 3.48. The molecule has 2 aliphatic heterocycles. The van der Waals surface area contributed by atoms with Crippen molar-refractivity contribution in [3.8, 4) is 22.8 Å². The number of benzene rings is 2. The molecule has 0 saturated heterocycles. The van der Waals surface area contributed by atoms with Crippen molar-refractivity contribution in [2.24, 2.45) is 7.05 Å². The monoisotopic (exact) mass is 451 g/mol. The zero-order valence-electron chi connectivity index (χ0n) is 17.6. The lowest BCUT2D eigenvalue weighted by atomic mass is 9.99. The fraction of sp³-hybridized carbons (Fsp3) is 0.261. The first kappa shape index (κ1) is 20.4. The minimum Gasteiger partial charge on any atom is -0.468 e. The Morgan fingerprint density at radius 3 is 2.75 bits per heavy atom. The zero-order chi connectivity index (χ0) is 22.2. The number of hydrogen-bond acceptors (Lipinski definition) is 7. The van der Waals surface area contributed by atoms with Gasteiger partial charge in [-0.2, -0.15) is 5.10 Å². The molecule has 3 heterocycles. The molecule has 1 unspecified atom stereocenters. The van der Waals surface area contributed by atoms with Crippen LogP contribution in [0.2, 0.25) is 0 Å². The Morgan fingerprint density at radius 1 is 1.19 bits per heavy atom. The van der Waals surface area contributed by atoms with E-state index < -0.39 is 5.97 Å². The molecule has 0 fully saturated rings. The average molecular weight is 452 g/mol. The number of anilines is 1. The molecule has 2 aromatic carbocycles. The summed E-state index contributed by atoms with van der Waals surface area (Å²) in [7, 11) is 3.10. The molecule has 1 aromatic heterocycles. The fourth-order valence-electron chi connectivity index (χ4n) is 4.03. The Hall–Kier alpha value is -3.46. The average Bonchev–Trinajstić information content (AvgIpc) is 3.38. The normalized spacial score (nSPS) is 17.1. The van der Waals surface area contributed by atoms with Gasteiger partial charge in [0.05, 0.1) is 23.8 Å². The van der Waals surface area contributed by atoms with Crippen molar-refractivity contribution in [3.05, 3.63) is 59.7 Å². The number of nitrogens with zero attached hydrogens (tertiary/aromatic N) is 3. The summed E-state index contributed by atoms with van der Waals surface area (Å²) in [5, 5.41) is 4.57. The molecule has 0 spiro atoms. The highest BCUT2D eigenvalue weighted by molar-refractivity contribution is 8.00. The zero-order valence-corrected chi connectivity index (χ0v) is 18.4. The number of amides is 1. The summed E-state index contributed by atoms with van der Waals surface area (Å²) in [4.78, 5) is 26.7. The van der Waals surface area contributed by atoms with Crippen LogP contribution in [0, 0.1) is 0 Å². The highest BCUT2D eigenvalue weighted by Crippen LogP contribution is 2.49. The SMILES string of the molecule is COC(=O)CN1C(=O)CSC(c2ccc3c(c2)OCO3)c2c(-c3ccccc3)nn(C)c21. The van der Waals surface area contributed by atoms with Gasteiger partial charge in [-0.05, 0) is 17.7 Å². The van der Waals surface area contributed by atoms with Gasteiger partial charge in [0.25, 0.3) is 0 Å². The lowest BCUT2D eigenvalue weighted by Gasteiger charge is -2.21. The molecule has 0 radical (unpaired) electrons. The van der Waals surface area contributed by atoms with Crippen LogP contribution in [0.15, 0.2) is 48.5 Å². The highest BCUT2D eigenvalue weighted by atomic mass is 32.2. The van der Waals surface area contributed by atoms with E-state index in [-0.39, 0.29) is 30.2 Å². The van der Waals surface area contributed by atoms with Gasteiger partial charge in [-0.15, -0.1) is 11.8 Å². The first-order valence-corrected chi connectivity index (χ1v) is 11.1. The van der Waals surface area contributed by atoms with E-state index in [2.05, 4.69) is 0 Å². The molecule has 8 nitrogen and oxygen atoms in total. The van der Waals surface area contributed by atoms with Crippen molar-refractivity contribution in [3.63, 3.8) is 0 Å². The third-order valence-corrected chi connectivity index (χ3v) is 6.76. The Balaban J connectivity index is 1.71. The number of methoxy groups -OCH3 is 1. The second-order valence-electron chi connectivity index (χ2n) is 7.44. The van der Waals surface area contributed by atoms with Gasteiger partial charge in [0.2, 0.25) is 12.7 Å². The van der Waals surface area contributed by atoms with E-state index in [1.165, 1.54) is 23.8 Å². The van der Waals surface area contributed by atoms with E-state index >= 15 is 0 Å². The summed E-state index contributed by atoms with van der Waals surface area (Å²) in [6, 6.07) is 15.6. The third-order valence-electron chi connectivity index (χ3n) is 5.51. The van der Waals surface area contributed by atoms with Crippen LogP contribution < -0.4 is 14.4 Å². The molecule has 0 saturated carbocycles. The van der Waals surface area contributed by atoms with Gasteiger partial charge < -0.3 is 14.2 Å². The van der Waals surface area contributed by atoms with Crippen molar-refractivity contribution >= 4 is 29.5 Å². The van der Waals surface area contributed by atoms with E-state index in [9.17, 15) is 9.59 Å². The van der Waals surface area contributed by atoms with Crippen molar-refractivity contribution < 1.29 is 23.8 Å². The summed E-state index contributed by atoms with van der Waals surface area (Å²) < 4.78 is 17.6. The Morgan fingerprint density at radius 2 is 1.97 bits per heavy atom. The van der Waals surface area contributed by atoms with E-state index in [4.69, 9.17) is 19.3 Å². The Labute approximate surface area is 189 Å². The highest BCUT2D eigenvalue weighted by Gasteiger charge is 2.37. The van der Waals surface area contributed by atoms with Gasteiger partial charge in [-0.25, -0.2) is 0 Å². The number of thioether (sulfide) groups is 1. The lowest BCUT2D eigenvalue weighted by Crippen LogP contribution is -2.38. The van der Waals surface area contributed by atoms with Crippen LogP contribution in [0.5, 0.6) is 11.5 Å². The maximum absolute atomic E-state index is 13.1. The van der Waals surface area contributed by atoms with Crippen LogP contribution in [0.3, 0.4) is 0 Å². The number of ether oxygens (including phenoxy) is 3. The first-order chi connectivity index (χ1) is 15.6. The molecule has 1 amide bonds. The molecular formula is C23H21N3O5S. The van der Waals surface area contributed by atoms with E-state index in [1.54, 1.807) is 11.7 Å². The van der Waals surface area contributed by atoms with Crippen molar-refractivity contribution in [2.75, 3.05) is 31.1 Å². The van der Waals surface area contributed by atoms with Crippen LogP contribution in [-0.2, 0) is 21.4 Å². The molecule has 164 valence electrons. The van der Waals surface area contributed by atoms with Gasteiger partial charge in [0, 0.05) is 18.2 Å². The summed E-state index contributed by atoms with van der Waals surface area (Å²) in [5.74, 6) is 1.51. The van der Waals surface area contributed by atoms with Crippen molar-refractivity contribution in [2.45, 2.75) is 5.25 Å². The number of rotatable bonds is 4. The van der Waals surface area contributed by atoms with Crippen molar-refractivity contribution in [1.29, 1.82) is 0 Å². The maximum atomic E-state index is 13.1. The molecule has 0 aliphatic carbocycles. The fourth-order valence-corrected chi connectivity index (χ4v) is 5.22. The standard InChI is InChI=1S/C23H21N3O5S/c1-25-23-20(21(24-25)14-6-4-3-5-7-14)22(15-8-9-16-17(10-15)31-13-30-16)32-12-18(27)26(23)11-19(28)29-2/h3-10,22H,11-13H2,1-2H3. The number of hydrogen-bond donors (Lipinski definition) is 0. The molecule has 0 bridgehead atoms. The molecule has 5 rings (SSSR count). The van der Waals surface area contributed by atoms with Crippen LogP contribution in [0.4, 0.5) is 5.82 Å². The maximum Gasteiger partial charge on any atom is 0.325 e. The number of carbonyl (C=O) groups is 2. The van der Waals surface area contributed by atoms with Gasteiger partial charge in [0.1, 0.15) is 12.4 Å². The van der Waals surface area contributed by atoms with E-state index in [0.29, 0.717) is 17.3 Å². The van der Waals surface area contributed by atoms with Crippen molar-refractivity contribution in [1.82, 2.24) is 9.78 Å². The predicted molar refractivity (Wildman–Crippen MR) is 120 cm³/mol. The Bertz CT molecular complexity index is 1190. The molecular weight excluding hydrogens is 430 g/mol. The van der Waals surface area contributed by atoms with E-state index in [1.807, 2.05) is 48.5 Å². The minimum atomic E-state index is -0.488. The summed E-state index contributed by atoms with van der Waals surface area (Å²) in [6.07, 6.45) is 0. The van der Waals surface area contributed by atoms with Crippen LogP contribution in [0.25, 0.3) is 11.3 Å². The molecule has 3 aromatic rings. The predicted octanol–water partition coefficient (Wildman–Crippen LogP) is 3.16. The van der Waals surface area contributed by atoms with Crippen LogP contribution >= 0.6 is 11.8 Å². The van der Waals surface area contributed by atoms with Gasteiger partial charge in [0.15, 0.2) is 11.5 Å². The molecule has 1 atom stereocenters. The first-order valence-electron chi connectivity index (χ1n) is 10.1.